The van der Waals surface area contributed by atoms with Gasteiger partial charge < -0.3 is 41.5 Å². The van der Waals surface area contributed by atoms with Crippen molar-refractivity contribution in [2.45, 2.75) is 169 Å². The average Bonchev–Trinajstić information content (AvgIpc) is 3.03. The normalized spacial score (nSPS) is 26.2. The second-order valence-corrected chi connectivity index (χ2v) is 15.4. The van der Waals surface area contributed by atoms with E-state index in [1.54, 1.807) is 6.92 Å². The number of esters is 1. The zero-order valence-corrected chi connectivity index (χ0v) is 32.4. The van der Waals surface area contributed by atoms with E-state index in [-0.39, 0.29) is 37.0 Å². The lowest BCUT2D eigenvalue weighted by Gasteiger charge is -2.29. The Morgan fingerprint density at radius 3 is 1.69 bits per heavy atom. The molecule has 1 heterocycles. The number of aliphatic hydroxyl groups is 2. The first-order valence-electron chi connectivity index (χ1n) is 18.9. The standard InChI is InChI=1S/C37H67N5O9/c1-10-24(8)31-37(50)51-26(16-14-12-11-13-15-21(2)3)19-30(45)38-27(17-22(4)5)33(46)40-29(20-43)35(48)42-32(25(9)44)36(49)39-28(18-23(6)7)34(47)41-31/h21-29,31-32,43-44H,10-20H2,1-9H3,(H,38,45)(H,39,49)(H,40,46)(H,41,47)(H,42,48)/t24-,25+,26?,27+,28?,29-,31-,32-/m0/s1. The molecule has 1 aliphatic rings. The maximum Gasteiger partial charge on any atom is 0.329 e. The Balaban J connectivity index is 3.60. The van der Waals surface area contributed by atoms with Gasteiger partial charge in [0.1, 0.15) is 36.3 Å². The molecule has 8 atom stereocenters. The molecule has 0 aromatic heterocycles. The fourth-order valence-corrected chi connectivity index (χ4v) is 5.89. The molecular weight excluding hydrogens is 658 g/mol. The lowest BCUT2D eigenvalue weighted by Crippen LogP contribution is -2.62. The van der Waals surface area contributed by atoms with Gasteiger partial charge in [0.15, 0.2) is 0 Å². The Hall–Kier alpha value is -3.26. The third kappa shape index (κ3) is 17.2. The van der Waals surface area contributed by atoms with Gasteiger partial charge in [-0.05, 0) is 56.3 Å². The molecular formula is C37H67N5O9. The van der Waals surface area contributed by atoms with Crippen LogP contribution in [-0.2, 0) is 33.5 Å². The van der Waals surface area contributed by atoms with Crippen molar-refractivity contribution in [2.24, 2.45) is 23.7 Å². The molecule has 2 unspecified atom stereocenters. The molecule has 14 nitrogen and oxygen atoms in total. The number of rotatable bonds is 15. The van der Waals surface area contributed by atoms with Crippen LogP contribution in [0.1, 0.15) is 127 Å². The van der Waals surface area contributed by atoms with Crippen LogP contribution in [0.15, 0.2) is 0 Å². The molecule has 14 heteroatoms. The van der Waals surface area contributed by atoms with E-state index in [4.69, 9.17) is 4.74 Å². The molecule has 294 valence electrons. The minimum absolute atomic E-state index is 0.0504. The van der Waals surface area contributed by atoms with Crippen LogP contribution in [0.25, 0.3) is 0 Å². The van der Waals surface area contributed by atoms with Gasteiger partial charge in [-0.1, -0.05) is 87.5 Å². The molecule has 51 heavy (non-hydrogen) atoms. The topological polar surface area (TPSA) is 212 Å². The summed E-state index contributed by atoms with van der Waals surface area (Å²) >= 11 is 0. The monoisotopic (exact) mass is 725 g/mol. The van der Waals surface area contributed by atoms with Crippen molar-refractivity contribution >= 4 is 35.5 Å². The van der Waals surface area contributed by atoms with Crippen molar-refractivity contribution in [1.82, 2.24) is 26.6 Å². The molecule has 0 aromatic carbocycles. The summed E-state index contributed by atoms with van der Waals surface area (Å²) in [7, 11) is 0. The maximum absolute atomic E-state index is 13.8. The molecule has 0 spiro atoms. The summed E-state index contributed by atoms with van der Waals surface area (Å²) in [5.41, 5.74) is 0. The van der Waals surface area contributed by atoms with Crippen LogP contribution < -0.4 is 26.6 Å². The van der Waals surface area contributed by atoms with Gasteiger partial charge >= 0.3 is 5.97 Å². The zero-order chi connectivity index (χ0) is 38.8. The van der Waals surface area contributed by atoms with Crippen molar-refractivity contribution in [2.75, 3.05) is 6.61 Å². The zero-order valence-electron chi connectivity index (χ0n) is 32.4. The van der Waals surface area contributed by atoms with Crippen LogP contribution in [0.4, 0.5) is 0 Å². The van der Waals surface area contributed by atoms with E-state index in [9.17, 15) is 39.0 Å². The van der Waals surface area contributed by atoms with Crippen LogP contribution in [0, 0.1) is 23.7 Å². The number of amides is 5. The van der Waals surface area contributed by atoms with Gasteiger partial charge in [-0.3, -0.25) is 24.0 Å². The summed E-state index contributed by atoms with van der Waals surface area (Å²) in [6.07, 6.45) is 3.51. The van der Waals surface area contributed by atoms with E-state index in [1.807, 2.05) is 34.6 Å². The first-order chi connectivity index (χ1) is 23.9. The van der Waals surface area contributed by atoms with Crippen molar-refractivity contribution < 1.29 is 43.7 Å². The molecule has 7 N–H and O–H groups in total. The Morgan fingerprint density at radius 1 is 0.647 bits per heavy atom. The molecule has 1 aliphatic heterocycles. The number of hydrogen-bond acceptors (Lipinski definition) is 9. The van der Waals surface area contributed by atoms with Crippen LogP contribution in [0.3, 0.4) is 0 Å². The van der Waals surface area contributed by atoms with E-state index in [2.05, 4.69) is 40.4 Å². The maximum atomic E-state index is 13.8. The molecule has 0 saturated carbocycles. The number of carbonyl (C=O) groups is 6. The van der Waals surface area contributed by atoms with E-state index < -0.39 is 84.5 Å². The van der Waals surface area contributed by atoms with Crippen molar-refractivity contribution in [3.8, 4) is 0 Å². The SMILES string of the molecule is CC[C@H](C)[C@@H]1NC(=O)C(CC(C)C)NC(=O)[C@H]([C@@H](C)O)NC(=O)[C@H](CO)NC(=O)[C@@H](CC(C)C)NC(=O)CC(CCCCCCC(C)C)OC1=O. The van der Waals surface area contributed by atoms with Gasteiger partial charge in [-0.15, -0.1) is 0 Å². The van der Waals surface area contributed by atoms with Gasteiger partial charge in [-0.2, -0.15) is 0 Å². The predicted molar refractivity (Wildman–Crippen MR) is 194 cm³/mol. The Morgan fingerprint density at radius 2 is 1.16 bits per heavy atom. The fourth-order valence-electron chi connectivity index (χ4n) is 5.89. The van der Waals surface area contributed by atoms with Gasteiger partial charge in [-0.25, -0.2) is 4.79 Å². The van der Waals surface area contributed by atoms with Crippen LogP contribution in [-0.4, -0.2) is 94.7 Å². The van der Waals surface area contributed by atoms with E-state index in [0.717, 1.165) is 25.7 Å². The summed E-state index contributed by atoms with van der Waals surface area (Å²) in [4.78, 5) is 81.2. The summed E-state index contributed by atoms with van der Waals surface area (Å²) in [5, 5.41) is 33.4. The molecule has 5 amide bonds. The fraction of sp³-hybridized carbons (Fsp3) is 0.838. The lowest BCUT2D eigenvalue weighted by atomic mass is 9.97. The van der Waals surface area contributed by atoms with E-state index >= 15 is 0 Å². The molecule has 1 rings (SSSR count). The third-order valence-electron chi connectivity index (χ3n) is 9.10. The first kappa shape index (κ1) is 45.8. The van der Waals surface area contributed by atoms with Crippen molar-refractivity contribution in [1.29, 1.82) is 0 Å². The number of carbonyl (C=O) groups excluding carboxylic acids is 6. The summed E-state index contributed by atoms with van der Waals surface area (Å²) in [6.45, 7) is 15.8. The highest BCUT2D eigenvalue weighted by molar-refractivity contribution is 5.96. The highest BCUT2D eigenvalue weighted by Gasteiger charge is 2.37. The number of ether oxygens (including phenoxy) is 1. The third-order valence-corrected chi connectivity index (χ3v) is 9.10. The highest BCUT2D eigenvalue weighted by Crippen LogP contribution is 2.19. The number of aliphatic hydroxyl groups excluding tert-OH is 2. The summed E-state index contributed by atoms with van der Waals surface area (Å²) in [6, 6.07) is -6.40. The Bertz CT molecular complexity index is 1130. The second-order valence-electron chi connectivity index (χ2n) is 15.4. The number of nitrogens with one attached hydrogen (secondary N) is 5. The average molecular weight is 726 g/mol. The summed E-state index contributed by atoms with van der Waals surface area (Å²) < 4.78 is 5.97. The van der Waals surface area contributed by atoms with Gasteiger partial charge in [0, 0.05) is 0 Å². The van der Waals surface area contributed by atoms with E-state index in [0.29, 0.717) is 25.2 Å². The lowest BCUT2D eigenvalue weighted by molar-refractivity contribution is -0.156. The molecule has 1 fully saturated rings. The highest BCUT2D eigenvalue weighted by atomic mass is 16.5. The smallest absolute Gasteiger partial charge is 0.329 e. The number of cyclic esters (lactones) is 1. The number of unbranched alkanes of at least 4 members (excludes halogenated alkanes) is 3. The minimum Gasteiger partial charge on any atom is -0.460 e. The quantitative estimate of drug-likeness (QED) is 0.0973. The number of hydrogen-bond donors (Lipinski definition) is 7. The second kappa shape index (κ2) is 23.3. The Kier molecular flexibility index (Phi) is 20.9. The minimum atomic E-state index is -1.55. The van der Waals surface area contributed by atoms with E-state index in [1.165, 1.54) is 6.92 Å². The summed E-state index contributed by atoms with van der Waals surface area (Å²) in [5.74, 6) is -4.35. The molecule has 1 saturated heterocycles. The van der Waals surface area contributed by atoms with Crippen molar-refractivity contribution in [3.63, 3.8) is 0 Å². The largest absolute Gasteiger partial charge is 0.460 e. The molecule has 0 aliphatic carbocycles. The van der Waals surface area contributed by atoms with Crippen LogP contribution in [0.2, 0.25) is 0 Å². The van der Waals surface area contributed by atoms with Crippen LogP contribution >= 0.6 is 0 Å². The van der Waals surface area contributed by atoms with Gasteiger partial charge in [0.2, 0.25) is 29.5 Å². The first-order valence-corrected chi connectivity index (χ1v) is 18.9. The van der Waals surface area contributed by atoms with Gasteiger partial charge in [0.05, 0.1) is 19.1 Å². The molecule has 0 aromatic rings. The van der Waals surface area contributed by atoms with Gasteiger partial charge in [0.25, 0.3) is 0 Å². The molecule has 0 radical (unpaired) electrons. The predicted octanol–water partition coefficient (Wildman–Crippen LogP) is 2.23. The van der Waals surface area contributed by atoms with Crippen molar-refractivity contribution in [3.05, 3.63) is 0 Å². The molecule has 0 bridgehead atoms. The Labute approximate surface area is 304 Å². The van der Waals surface area contributed by atoms with Crippen LogP contribution in [0.5, 0.6) is 0 Å².